The average molecular weight is 340 g/mol. The SMILES string of the molecule is Cc1cc(C)cc(NC(=O)C2CC(=O)N(Cc3ccc(F)cc3)C2)c1. The van der Waals surface area contributed by atoms with Crippen LogP contribution in [0.5, 0.6) is 0 Å². The normalized spacial score (nSPS) is 17.0. The van der Waals surface area contributed by atoms with E-state index in [-0.39, 0.29) is 30.0 Å². The summed E-state index contributed by atoms with van der Waals surface area (Å²) in [5, 5.41) is 2.91. The standard InChI is InChI=1S/C20H21FN2O2/c1-13-7-14(2)9-18(8-13)22-20(25)16-10-19(24)23(12-16)11-15-3-5-17(21)6-4-15/h3-9,16H,10-12H2,1-2H3,(H,22,25). The summed E-state index contributed by atoms with van der Waals surface area (Å²) in [4.78, 5) is 26.3. The second kappa shape index (κ2) is 7.05. The van der Waals surface area contributed by atoms with E-state index in [2.05, 4.69) is 5.32 Å². The molecule has 0 bridgehead atoms. The fraction of sp³-hybridized carbons (Fsp3) is 0.300. The predicted octanol–water partition coefficient (Wildman–Crippen LogP) is 3.43. The zero-order chi connectivity index (χ0) is 18.0. The van der Waals surface area contributed by atoms with E-state index < -0.39 is 0 Å². The van der Waals surface area contributed by atoms with Gasteiger partial charge < -0.3 is 10.2 Å². The zero-order valence-electron chi connectivity index (χ0n) is 14.4. The number of hydrogen-bond donors (Lipinski definition) is 1. The Bertz CT molecular complexity index is 782. The lowest BCUT2D eigenvalue weighted by Gasteiger charge is -2.17. The first-order chi connectivity index (χ1) is 11.9. The average Bonchev–Trinajstić information content (AvgIpc) is 2.90. The molecule has 1 N–H and O–H groups in total. The van der Waals surface area contributed by atoms with Gasteiger partial charge in [-0.15, -0.1) is 0 Å². The molecule has 4 nitrogen and oxygen atoms in total. The van der Waals surface area contributed by atoms with Crippen LogP contribution in [0.2, 0.25) is 0 Å². The van der Waals surface area contributed by atoms with Crippen LogP contribution in [0.15, 0.2) is 42.5 Å². The number of nitrogens with zero attached hydrogens (tertiary/aromatic N) is 1. The Morgan fingerprint density at radius 1 is 1.16 bits per heavy atom. The van der Waals surface area contributed by atoms with Crippen molar-refractivity contribution in [2.24, 2.45) is 5.92 Å². The van der Waals surface area contributed by atoms with Crippen LogP contribution < -0.4 is 5.32 Å². The number of hydrogen-bond acceptors (Lipinski definition) is 2. The molecule has 1 saturated heterocycles. The van der Waals surface area contributed by atoms with Crippen LogP contribution >= 0.6 is 0 Å². The van der Waals surface area contributed by atoms with Crippen molar-refractivity contribution in [3.8, 4) is 0 Å². The summed E-state index contributed by atoms with van der Waals surface area (Å²) in [5.74, 6) is -0.860. The van der Waals surface area contributed by atoms with E-state index in [0.29, 0.717) is 13.1 Å². The molecule has 0 aromatic heterocycles. The molecule has 5 heteroatoms. The molecule has 1 fully saturated rings. The van der Waals surface area contributed by atoms with Gasteiger partial charge in [-0.05, 0) is 54.8 Å². The van der Waals surface area contributed by atoms with Gasteiger partial charge in [0.2, 0.25) is 11.8 Å². The minimum atomic E-state index is -0.367. The van der Waals surface area contributed by atoms with Crippen LogP contribution in [0.25, 0.3) is 0 Å². The molecule has 1 heterocycles. The number of carbonyl (C=O) groups is 2. The van der Waals surface area contributed by atoms with E-state index in [1.807, 2.05) is 32.0 Å². The maximum absolute atomic E-state index is 13.0. The molecule has 0 spiro atoms. The van der Waals surface area contributed by atoms with E-state index in [9.17, 15) is 14.0 Å². The number of amides is 2. The molecule has 2 aromatic carbocycles. The Balaban J connectivity index is 1.63. The lowest BCUT2D eigenvalue weighted by atomic mass is 10.1. The third kappa shape index (κ3) is 4.24. The molecule has 1 unspecified atom stereocenters. The van der Waals surface area contributed by atoms with Gasteiger partial charge >= 0.3 is 0 Å². The fourth-order valence-electron chi connectivity index (χ4n) is 3.20. The number of aryl methyl sites for hydroxylation is 2. The maximum Gasteiger partial charge on any atom is 0.229 e. The van der Waals surface area contributed by atoms with E-state index >= 15 is 0 Å². The predicted molar refractivity (Wildman–Crippen MR) is 94.5 cm³/mol. The molecule has 1 aliphatic heterocycles. The fourth-order valence-corrected chi connectivity index (χ4v) is 3.20. The monoisotopic (exact) mass is 340 g/mol. The van der Waals surface area contributed by atoms with Crippen molar-refractivity contribution in [2.75, 3.05) is 11.9 Å². The first kappa shape index (κ1) is 17.1. The smallest absolute Gasteiger partial charge is 0.229 e. The Morgan fingerprint density at radius 3 is 2.44 bits per heavy atom. The van der Waals surface area contributed by atoms with Gasteiger partial charge in [0.1, 0.15) is 5.82 Å². The molecule has 3 rings (SSSR count). The number of nitrogens with one attached hydrogen (secondary N) is 1. The van der Waals surface area contributed by atoms with Crippen molar-refractivity contribution < 1.29 is 14.0 Å². The molecule has 2 aromatic rings. The lowest BCUT2D eigenvalue weighted by molar-refractivity contribution is -0.128. The Kier molecular flexibility index (Phi) is 4.83. The van der Waals surface area contributed by atoms with Gasteiger partial charge in [0.15, 0.2) is 0 Å². The lowest BCUT2D eigenvalue weighted by Crippen LogP contribution is -2.28. The highest BCUT2D eigenvalue weighted by molar-refractivity contribution is 5.97. The summed E-state index contributed by atoms with van der Waals surface area (Å²) in [7, 11) is 0. The largest absolute Gasteiger partial charge is 0.338 e. The number of benzene rings is 2. The third-order valence-electron chi connectivity index (χ3n) is 4.36. The minimum Gasteiger partial charge on any atom is -0.338 e. The zero-order valence-corrected chi connectivity index (χ0v) is 14.4. The summed E-state index contributed by atoms with van der Waals surface area (Å²) in [6.45, 7) is 4.73. The molecule has 0 radical (unpaired) electrons. The molecule has 1 atom stereocenters. The number of likely N-dealkylation sites (tertiary alicyclic amines) is 1. The Morgan fingerprint density at radius 2 is 1.80 bits per heavy atom. The van der Waals surface area contributed by atoms with Crippen LogP contribution in [-0.4, -0.2) is 23.3 Å². The van der Waals surface area contributed by atoms with Crippen LogP contribution in [0.3, 0.4) is 0 Å². The summed E-state index contributed by atoms with van der Waals surface area (Å²) >= 11 is 0. The van der Waals surface area contributed by atoms with E-state index in [1.165, 1.54) is 12.1 Å². The maximum atomic E-state index is 13.0. The quantitative estimate of drug-likeness (QED) is 0.927. The van der Waals surface area contributed by atoms with Crippen molar-refractivity contribution in [3.05, 3.63) is 65.0 Å². The van der Waals surface area contributed by atoms with Crippen LogP contribution in [0.1, 0.15) is 23.1 Å². The van der Waals surface area contributed by atoms with Crippen LogP contribution in [-0.2, 0) is 16.1 Å². The molecular formula is C20H21FN2O2. The third-order valence-corrected chi connectivity index (χ3v) is 4.36. The highest BCUT2D eigenvalue weighted by atomic mass is 19.1. The van der Waals surface area contributed by atoms with Gasteiger partial charge in [-0.1, -0.05) is 18.2 Å². The van der Waals surface area contributed by atoms with Crippen molar-refractivity contribution >= 4 is 17.5 Å². The summed E-state index contributed by atoms with van der Waals surface area (Å²) < 4.78 is 13.0. The Labute approximate surface area is 146 Å². The van der Waals surface area contributed by atoms with Crippen molar-refractivity contribution in [3.63, 3.8) is 0 Å². The first-order valence-corrected chi connectivity index (χ1v) is 8.32. The number of carbonyl (C=O) groups excluding carboxylic acids is 2. The van der Waals surface area contributed by atoms with Crippen molar-refractivity contribution in [1.29, 1.82) is 0 Å². The minimum absolute atomic E-state index is 0.0510. The number of rotatable bonds is 4. The van der Waals surface area contributed by atoms with E-state index in [0.717, 1.165) is 22.4 Å². The summed E-state index contributed by atoms with van der Waals surface area (Å²) in [6.07, 6.45) is 0.206. The molecule has 25 heavy (non-hydrogen) atoms. The molecule has 130 valence electrons. The van der Waals surface area contributed by atoms with Gasteiger partial charge in [0.05, 0.1) is 5.92 Å². The second-order valence-corrected chi connectivity index (χ2v) is 6.67. The summed E-state index contributed by atoms with van der Waals surface area (Å²) in [5.41, 5.74) is 3.77. The summed E-state index contributed by atoms with van der Waals surface area (Å²) in [6, 6.07) is 11.9. The van der Waals surface area contributed by atoms with Crippen molar-refractivity contribution in [2.45, 2.75) is 26.8 Å². The molecule has 1 aliphatic rings. The second-order valence-electron chi connectivity index (χ2n) is 6.67. The van der Waals surface area contributed by atoms with Gasteiger partial charge in [-0.25, -0.2) is 4.39 Å². The van der Waals surface area contributed by atoms with Crippen LogP contribution in [0, 0.1) is 25.6 Å². The highest BCUT2D eigenvalue weighted by Gasteiger charge is 2.34. The number of halogens is 1. The van der Waals surface area contributed by atoms with Crippen LogP contribution in [0.4, 0.5) is 10.1 Å². The molecule has 2 amide bonds. The van der Waals surface area contributed by atoms with Gasteiger partial charge in [0.25, 0.3) is 0 Å². The topological polar surface area (TPSA) is 49.4 Å². The molecular weight excluding hydrogens is 319 g/mol. The van der Waals surface area contributed by atoms with E-state index in [1.54, 1.807) is 17.0 Å². The highest BCUT2D eigenvalue weighted by Crippen LogP contribution is 2.23. The van der Waals surface area contributed by atoms with Gasteiger partial charge in [-0.2, -0.15) is 0 Å². The number of anilines is 1. The first-order valence-electron chi connectivity index (χ1n) is 8.32. The van der Waals surface area contributed by atoms with Crippen molar-refractivity contribution in [1.82, 2.24) is 4.90 Å². The van der Waals surface area contributed by atoms with Gasteiger partial charge in [0, 0.05) is 25.2 Å². The van der Waals surface area contributed by atoms with Gasteiger partial charge in [-0.3, -0.25) is 9.59 Å². The van der Waals surface area contributed by atoms with E-state index in [4.69, 9.17) is 0 Å². The Hall–Kier alpha value is -2.69. The molecule has 0 aliphatic carbocycles. The molecule has 0 saturated carbocycles.